The molecule has 1 amide bonds. The largest absolute Gasteiger partial charge is 0.378 e. The van der Waals surface area contributed by atoms with Gasteiger partial charge in [-0.3, -0.25) is 4.79 Å². The van der Waals surface area contributed by atoms with Crippen LogP contribution in [0, 0.1) is 6.92 Å². The Morgan fingerprint density at radius 2 is 1.65 bits per heavy atom. The fourth-order valence-electron chi connectivity index (χ4n) is 2.70. The number of hydrogen-bond donors (Lipinski definition) is 0. The maximum Gasteiger partial charge on any atom is 0.298 e. The first-order chi connectivity index (χ1) is 12.5. The van der Waals surface area contributed by atoms with E-state index in [1.54, 1.807) is 47.4 Å². The van der Waals surface area contributed by atoms with Gasteiger partial charge in [-0.1, -0.05) is 48.0 Å². The normalized spacial score (nSPS) is 16.3. The molecule has 1 aliphatic heterocycles. The molecule has 0 radical (unpaired) electrons. The summed E-state index contributed by atoms with van der Waals surface area (Å²) in [6.07, 6.45) is -1.22. The molecule has 0 spiro atoms. The third-order valence-corrected chi connectivity index (χ3v) is 5.48. The highest BCUT2D eigenvalue weighted by atomic mass is 32.2. The zero-order valence-corrected chi connectivity index (χ0v) is 15.3. The SMILES string of the molecule is Cc1ccc(S(=O)(=O)O[C@H](C(=O)N2CCOCC2)c2ccccc2)cc1. The van der Waals surface area contributed by atoms with Gasteiger partial charge in [0.05, 0.1) is 18.1 Å². The second kappa shape index (κ2) is 7.99. The Bertz CT molecular complexity index is 843. The van der Waals surface area contributed by atoms with Gasteiger partial charge < -0.3 is 9.64 Å². The van der Waals surface area contributed by atoms with E-state index < -0.39 is 16.2 Å². The molecule has 1 fully saturated rings. The van der Waals surface area contributed by atoms with E-state index in [9.17, 15) is 13.2 Å². The third kappa shape index (κ3) is 4.30. The monoisotopic (exact) mass is 375 g/mol. The van der Waals surface area contributed by atoms with Crippen molar-refractivity contribution in [1.29, 1.82) is 0 Å². The summed E-state index contributed by atoms with van der Waals surface area (Å²) in [5.41, 5.74) is 1.44. The fraction of sp³-hybridized carbons (Fsp3) is 0.316. The predicted octanol–water partition coefficient (Wildman–Crippen LogP) is 2.30. The Labute approximate surface area is 153 Å². The number of rotatable bonds is 5. The Hall–Kier alpha value is -2.22. The molecule has 0 bridgehead atoms. The van der Waals surface area contributed by atoms with E-state index in [4.69, 9.17) is 8.92 Å². The smallest absolute Gasteiger partial charge is 0.298 e. The highest BCUT2D eigenvalue weighted by molar-refractivity contribution is 7.86. The number of hydrogen-bond acceptors (Lipinski definition) is 5. The molecule has 1 heterocycles. The van der Waals surface area contributed by atoms with Crippen LogP contribution in [0.15, 0.2) is 59.5 Å². The van der Waals surface area contributed by atoms with Crippen LogP contribution in [0.5, 0.6) is 0 Å². The maximum atomic E-state index is 12.9. The Kier molecular flexibility index (Phi) is 5.70. The fourth-order valence-corrected chi connectivity index (χ4v) is 3.73. The van der Waals surface area contributed by atoms with E-state index >= 15 is 0 Å². The van der Waals surface area contributed by atoms with Crippen LogP contribution in [0.1, 0.15) is 17.2 Å². The molecular weight excluding hydrogens is 354 g/mol. The van der Waals surface area contributed by atoms with E-state index in [0.29, 0.717) is 31.9 Å². The van der Waals surface area contributed by atoms with Crippen molar-refractivity contribution in [2.24, 2.45) is 0 Å². The summed E-state index contributed by atoms with van der Waals surface area (Å²) in [6.45, 7) is 3.55. The standard InChI is InChI=1S/C19H21NO5S/c1-15-7-9-17(10-8-15)26(22,23)25-18(16-5-3-2-4-6-16)19(21)20-11-13-24-14-12-20/h2-10,18H,11-14H2,1H3/t18-/m0/s1. The summed E-state index contributed by atoms with van der Waals surface area (Å²) in [5.74, 6) is -0.379. The number of carbonyl (C=O) groups is 1. The van der Waals surface area contributed by atoms with Crippen LogP contribution in [0.25, 0.3) is 0 Å². The minimum Gasteiger partial charge on any atom is -0.378 e. The zero-order valence-electron chi connectivity index (χ0n) is 14.5. The lowest BCUT2D eigenvalue weighted by atomic mass is 10.1. The van der Waals surface area contributed by atoms with Crippen molar-refractivity contribution in [2.45, 2.75) is 17.9 Å². The molecule has 0 aliphatic carbocycles. The van der Waals surface area contributed by atoms with E-state index in [0.717, 1.165) is 5.56 Å². The van der Waals surface area contributed by atoms with Crippen LogP contribution in [0.2, 0.25) is 0 Å². The molecule has 7 heteroatoms. The number of carbonyl (C=O) groups excluding carboxylic acids is 1. The Morgan fingerprint density at radius 3 is 2.27 bits per heavy atom. The molecule has 0 unspecified atom stereocenters. The summed E-state index contributed by atoms with van der Waals surface area (Å²) in [4.78, 5) is 14.5. The van der Waals surface area contributed by atoms with Crippen molar-refractivity contribution >= 4 is 16.0 Å². The van der Waals surface area contributed by atoms with Crippen molar-refractivity contribution in [3.63, 3.8) is 0 Å². The lowest BCUT2D eigenvalue weighted by Gasteiger charge is -2.30. The van der Waals surface area contributed by atoms with Crippen molar-refractivity contribution in [3.8, 4) is 0 Å². The van der Waals surface area contributed by atoms with Crippen LogP contribution in [0.3, 0.4) is 0 Å². The predicted molar refractivity (Wildman–Crippen MR) is 96.0 cm³/mol. The Balaban J connectivity index is 1.90. The molecule has 1 saturated heterocycles. The molecule has 138 valence electrons. The van der Waals surface area contributed by atoms with Gasteiger partial charge in [0.1, 0.15) is 0 Å². The number of nitrogens with zero attached hydrogens (tertiary/aromatic N) is 1. The molecule has 0 aromatic heterocycles. The summed E-state index contributed by atoms with van der Waals surface area (Å²) < 4.78 is 36.1. The van der Waals surface area contributed by atoms with Crippen molar-refractivity contribution in [1.82, 2.24) is 4.90 Å². The summed E-state index contributed by atoms with van der Waals surface area (Å²) in [7, 11) is -4.09. The first-order valence-corrected chi connectivity index (χ1v) is 9.80. The second-order valence-electron chi connectivity index (χ2n) is 6.09. The quantitative estimate of drug-likeness (QED) is 0.750. The molecule has 2 aromatic carbocycles. The average molecular weight is 375 g/mol. The van der Waals surface area contributed by atoms with Gasteiger partial charge in [-0.15, -0.1) is 0 Å². The van der Waals surface area contributed by atoms with Gasteiger partial charge in [-0.05, 0) is 24.6 Å². The van der Waals surface area contributed by atoms with E-state index in [-0.39, 0.29) is 10.8 Å². The van der Waals surface area contributed by atoms with E-state index in [2.05, 4.69) is 0 Å². The molecule has 0 saturated carbocycles. The molecule has 6 nitrogen and oxygen atoms in total. The topological polar surface area (TPSA) is 72.9 Å². The van der Waals surface area contributed by atoms with Crippen LogP contribution < -0.4 is 0 Å². The minimum atomic E-state index is -4.09. The second-order valence-corrected chi connectivity index (χ2v) is 7.66. The summed E-state index contributed by atoms with van der Waals surface area (Å²) >= 11 is 0. The van der Waals surface area contributed by atoms with Gasteiger partial charge in [0.2, 0.25) is 0 Å². The number of ether oxygens (including phenoxy) is 1. The van der Waals surface area contributed by atoms with Gasteiger partial charge in [0.25, 0.3) is 16.0 Å². The summed E-state index contributed by atoms with van der Waals surface area (Å²) in [5, 5.41) is 0. The third-order valence-electron chi connectivity index (χ3n) is 4.18. The van der Waals surface area contributed by atoms with Crippen molar-refractivity contribution < 1.29 is 22.1 Å². The minimum absolute atomic E-state index is 0.0267. The van der Waals surface area contributed by atoms with E-state index in [1.807, 2.05) is 6.92 Å². The van der Waals surface area contributed by atoms with Crippen molar-refractivity contribution in [2.75, 3.05) is 26.3 Å². The molecule has 2 aromatic rings. The first-order valence-electron chi connectivity index (χ1n) is 8.39. The molecule has 26 heavy (non-hydrogen) atoms. The van der Waals surface area contributed by atoms with Crippen LogP contribution in [-0.2, 0) is 23.8 Å². The number of amides is 1. The average Bonchev–Trinajstić information content (AvgIpc) is 2.67. The first kappa shape index (κ1) is 18.6. The number of aryl methyl sites for hydroxylation is 1. The highest BCUT2D eigenvalue weighted by Crippen LogP contribution is 2.26. The maximum absolute atomic E-state index is 12.9. The van der Waals surface area contributed by atoms with Crippen molar-refractivity contribution in [3.05, 3.63) is 65.7 Å². The molecule has 3 rings (SSSR count). The van der Waals surface area contributed by atoms with Gasteiger partial charge in [0.15, 0.2) is 6.10 Å². The van der Waals surface area contributed by atoms with Crippen LogP contribution >= 0.6 is 0 Å². The van der Waals surface area contributed by atoms with Gasteiger partial charge >= 0.3 is 0 Å². The lowest BCUT2D eigenvalue weighted by Crippen LogP contribution is -2.44. The molecule has 1 atom stereocenters. The lowest BCUT2D eigenvalue weighted by molar-refractivity contribution is -0.143. The van der Waals surface area contributed by atoms with E-state index in [1.165, 1.54) is 12.1 Å². The van der Waals surface area contributed by atoms with Gasteiger partial charge in [0, 0.05) is 13.1 Å². The molecule has 0 N–H and O–H groups in total. The molecule has 1 aliphatic rings. The van der Waals surface area contributed by atoms with Gasteiger partial charge in [-0.2, -0.15) is 8.42 Å². The summed E-state index contributed by atoms with van der Waals surface area (Å²) in [6, 6.07) is 15.0. The van der Waals surface area contributed by atoms with Crippen LogP contribution in [0.4, 0.5) is 0 Å². The van der Waals surface area contributed by atoms with Gasteiger partial charge in [-0.25, -0.2) is 4.18 Å². The zero-order chi connectivity index (χ0) is 18.6. The molecular formula is C19H21NO5S. The Morgan fingerprint density at radius 1 is 1.04 bits per heavy atom. The highest BCUT2D eigenvalue weighted by Gasteiger charge is 2.33. The number of morpholine rings is 1. The van der Waals surface area contributed by atoms with Crippen LogP contribution in [-0.4, -0.2) is 45.5 Å². The number of benzene rings is 2.